The van der Waals surface area contributed by atoms with Gasteiger partial charge in [-0.05, 0) is 42.7 Å². The van der Waals surface area contributed by atoms with E-state index in [-0.39, 0.29) is 63.3 Å². The molecule has 1 saturated heterocycles. The molecule has 2 N–H and O–H groups in total. The smallest absolute Gasteiger partial charge is 1.00 e. The van der Waals surface area contributed by atoms with Crippen molar-refractivity contribution < 1.29 is 71.1 Å². The van der Waals surface area contributed by atoms with Crippen molar-refractivity contribution >= 4 is 22.2 Å². The Balaban J connectivity index is 0.00000225. The summed E-state index contributed by atoms with van der Waals surface area (Å²) in [5.74, 6) is -0.566. The van der Waals surface area contributed by atoms with Gasteiger partial charge in [0.2, 0.25) is 0 Å². The Morgan fingerprint density at radius 3 is 2.52 bits per heavy atom. The number of piperidine rings is 1. The average molecular weight is 438 g/mol. The van der Waals surface area contributed by atoms with Gasteiger partial charge in [0.25, 0.3) is 0 Å². The van der Waals surface area contributed by atoms with Crippen molar-refractivity contribution in [3.05, 3.63) is 71.3 Å². The van der Waals surface area contributed by atoms with E-state index in [0.717, 1.165) is 11.8 Å². The fraction of sp³-hybridized carbons (Fsp3) is 0.318. The molecule has 1 aliphatic rings. The van der Waals surface area contributed by atoms with Gasteiger partial charge in [-0.15, -0.1) is 18.2 Å². The van der Waals surface area contributed by atoms with E-state index < -0.39 is 21.4 Å². The number of hydrogen-bond acceptors (Lipinski definition) is 5. The number of nitrogens with one attached hydrogen (secondary N) is 1. The Hall–Kier alpha value is -0.644. The zero-order valence-corrected chi connectivity index (χ0v) is 20.6. The van der Waals surface area contributed by atoms with E-state index in [1.807, 2.05) is 36.6 Å². The summed E-state index contributed by atoms with van der Waals surface area (Å²) in [5.41, 5.74) is 0.461. The number of carbonyl (C=O) groups excluding carboxylic acids is 1. The van der Waals surface area contributed by atoms with Crippen molar-refractivity contribution in [1.29, 1.82) is 0 Å². The predicted molar refractivity (Wildman–Crippen MR) is 109 cm³/mol. The molecule has 1 aliphatic heterocycles. The molecule has 1 fully saturated rings. The van der Waals surface area contributed by atoms with Gasteiger partial charge in [-0.3, -0.25) is 0 Å². The number of rotatable bonds is 6. The van der Waals surface area contributed by atoms with Gasteiger partial charge in [0.05, 0.1) is 5.60 Å². The van der Waals surface area contributed by atoms with Gasteiger partial charge >= 0.3 is 51.4 Å². The molecule has 1 heterocycles. The molecule has 5 nitrogen and oxygen atoms in total. The predicted octanol–water partition coefficient (Wildman–Crippen LogP) is -0.602. The molecular formula is C22H24KNO4S-2. The molecule has 3 rings (SSSR count). The largest absolute Gasteiger partial charge is 1.00 e. The van der Waals surface area contributed by atoms with E-state index in [0.29, 0.717) is 31.5 Å². The normalized spacial score (nSPS) is 17.8. The minimum absolute atomic E-state index is 0. The third-order valence-corrected chi connectivity index (χ3v) is 6.21. The van der Waals surface area contributed by atoms with E-state index in [4.69, 9.17) is 0 Å². The number of aliphatic hydroxyl groups is 1. The molecule has 0 aromatic heterocycles. The first-order valence-corrected chi connectivity index (χ1v) is 11.0. The van der Waals surface area contributed by atoms with Gasteiger partial charge in [-0.2, -0.15) is 17.2 Å². The molecule has 2 aromatic carbocycles. The van der Waals surface area contributed by atoms with Gasteiger partial charge in [-0.1, -0.05) is 30.3 Å². The maximum atomic E-state index is 11.9. The zero-order valence-electron chi connectivity index (χ0n) is 17.7. The maximum absolute atomic E-state index is 11.9. The summed E-state index contributed by atoms with van der Waals surface area (Å²) in [7, 11) is -3.38. The summed E-state index contributed by atoms with van der Waals surface area (Å²) >= 11 is 0. The van der Waals surface area contributed by atoms with Gasteiger partial charge in [0.15, 0.2) is 9.84 Å². The van der Waals surface area contributed by atoms with Gasteiger partial charge < -0.3 is 16.6 Å². The van der Waals surface area contributed by atoms with Gasteiger partial charge in [0, 0.05) is 12.2 Å². The summed E-state index contributed by atoms with van der Waals surface area (Å²) in [6, 6.07) is 16.8. The van der Waals surface area contributed by atoms with Crippen molar-refractivity contribution in [2.24, 2.45) is 0 Å². The van der Waals surface area contributed by atoms with E-state index in [1.165, 1.54) is 18.2 Å². The Kier molecular flexibility index (Phi) is 8.99. The number of sulfone groups is 1. The molecule has 0 spiro atoms. The standard InChI is InChI=1S/C22H23NO4S.K.H/c1-28(26,27)20-9-5-6-17(15-20)14-19(16-24)21(18-7-3-2-4-8-18)22(25)10-12-23-13-11-22;;/h2-5,7-9,14-15,21,23,25H,10-13H2,1H3;;/q-2;+1;-1/b19-14+;;. The first-order valence-electron chi connectivity index (χ1n) is 9.13. The first kappa shape index (κ1) is 24.6. The minimum atomic E-state index is -3.38. The van der Waals surface area contributed by atoms with Crippen LogP contribution in [-0.4, -0.2) is 44.8 Å². The van der Waals surface area contributed by atoms with Crippen LogP contribution in [0, 0.1) is 6.07 Å². The molecule has 7 heteroatoms. The van der Waals surface area contributed by atoms with Crippen LogP contribution < -0.4 is 56.7 Å². The molecule has 0 amide bonds. The van der Waals surface area contributed by atoms with Crippen molar-refractivity contribution in [2.75, 3.05) is 19.3 Å². The Morgan fingerprint density at radius 1 is 1.28 bits per heavy atom. The minimum Gasteiger partial charge on any atom is -1.00 e. The average Bonchev–Trinajstić information content (AvgIpc) is 2.68. The zero-order chi connectivity index (χ0) is 20.2. The Labute approximate surface area is 216 Å². The van der Waals surface area contributed by atoms with Crippen molar-refractivity contribution in [3.8, 4) is 0 Å². The van der Waals surface area contributed by atoms with Crippen molar-refractivity contribution in [3.63, 3.8) is 0 Å². The Morgan fingerprint density at radius 2 is 1.93 bits per heavy atom. The molecule has 0 radical (unpaired) electrons. The Bertz CT molecular complexity index is 974. The second-order valence-corrected chi connectivity index (χ2v) is 9.17. The fourth-order valence-corrected chi connectivity index (χ4v) is 4.35. The van der Waals surface area contributed by atoms with Crippen LogP contribution in [0.15, 0.2) is 59.0 Å². The van der Waals surface area contributed by atoms with Crippen LogP contribution in [-0.2, 0) is 14.6 Å². The van der Waals surface area contributed by atoms with Crippen molar-refractivity contribution in [1.82, 2.24) is 5.32 Å². The van der Waals surface area contributed by atoms with E-state index >= 15 is 0 Å². The summed E-state index contributed by atoms with van der Waals surface area (Å²) in [4.78, 5) is 12.1. The topological polar surface area (TPSA) is 83.5 Å². The van der Waals surface area contributed by atoms with Crippen LogP contribution in [0.5, 0.6) is 0 Å². The summed E-state index contributed by atoms with van der Waals surface area (Å²) in [6.45, 7) is 1.31. The van der Waals surface area contributed by atoms with Gasteiger partial charge in [0.1, 0.15) is 0 Å². The molecule has 1 atom stereocenters. The SMILES string of the molecule is CS(=O)(=O)c1cc[c-]c(/C=C(\[C-]=O)C(c2ccccc2)C2(O)CCNCC2)c1.[H-].[K+]. The molecule has 0 saturated carbocycles. The molecule has 2 aromatic rings. The van der Waals surface area contributed by atoms with E-state index in [1.54, 1.807) is 6.08 Å². The van der Waals surface area contributed by atoms with Crippen molar-refractivity contribution in [2.45, 2.75) is 29.3 Å². The summed E-state index contributed by atoms with van der Waals surface area (Å²) in [6.07, 6.45) is 5.69. The van der Waals surface area contributed by atoms with Crippen LogP contribution in [0.3, 0.4) is 0 Å². The summed E-state index contributed by atoms with van der Waals surface area (Å²) < 4.78 is 23.7. The monoisotopic (exact) mass is 437 g/mol. The third kappa shape index (κ3) is 6.18. The first-order chi connectivity index (χ1) is 13.3. The number of benzene rings is 2. The molecule has 29 heavy (non-hydrogen) atoms. The van der Waals surface area contributed by atoms with E-state index in [9.17, 15) is 18.3 Å². The molecule has 150 valence electrons. The van der Waals surface area contributed by atoms with Crippen LogP contribution in [0.1, 0.15) is 31.3 Å². The molecule has 0 bridgehead atoms. The second-order valence-electron chi connectivity index (χ2n) is 7.15. The molecular weight excluding hydrogens is 413 g/mol. The molecule has 1 unspecified atom stereocenters. The quantitative estimate of drug-likeness (QED) is 0.358. The second kappa shape index (κ2) is 10.6. The molecule has 0 aliphatic carbocycles. The third-order valence-electron chi connectivity index (χ3n) is 5.10. The van der Waals surface area contributed by atoms with Crippen LogP contribution >= 0.6 is 0 Å². The summed E-state index contributed by atoms with van der Waals surface area (Å²) in [5, 5.41) is 14.6. The van der Waals surface area contributed by atoms with Crippen LogP contribution in [0.2, 0.25) is 0 Å². The van der Waals surface area contributed by atoms with Crippen LogP contribution in [0.25, 0.3) is 6.08 Å². The van der Waals surface area contributed by atoms with Gasteiger partial charge in [-0.25, -0.2) is 14.5 Å². The maximum Gasteiger partial charge on any atom is 1.00 e. The fourth-order valence-electron chi connectivity index (χ4n) is 3.69. The van der Waals surface area contributed by atoms with Crippen LogP contribution in [0.4, 0.5) is 0 Å². The van der Waals surface area contributed by atoms with E-state index in [2.05, 4.69) is 11.4 Å². The number of hydrogen-bond donors (Lipinski definition) is 2.